The average Bonchev–Trinajstić information content (AvgIpc) is 2.78. The Morgan fingerprint density at radius 1 is 1.50 bits per heavy atom. The number of hydrogen-bond donors (Lipinski definition) is 2. The number of halogens is 1. The molecule has 1 unspecified atom stereocenters. The zero-order valence-electron chi connectivity index (χ0n) is 10.1. The van der Waals surface area contributed by atoms with Gasteiger partial charge in [0.1, 0.15) is 5.82 Å². The highest BCUT2D eigenvalue weighted by molar-refractivity contribution is 7.20. The second-order valence-electron chi connectivity index (χ2n) is 4.11. The molecule has 5 heteroatoms. The van der Waals surface area contributed by atoms with E-state index in [0.29, 0.717) is 11.4 Å². The molecule has 1 aromatic heterocycles. The van der Waals surface area contributed by atoms with Crippen molar-refractivity contribution >= 4 is 27.3 Å². The number of thiophene rings is 1. The predicted molar refractivity (Wildman–Crippen MR) is 72.4 cm³/mol. The number of carbonyl (C=O) groups is 1. The van der Waals surface area contributed by atoms with E-state index in [1.165, 1.54) is 23.5 Å². The molecule has 0 aliphatic rings. The topological polar surface area (TPSA) is 55.1 Å². The molecule has 96 valence electrons. The van der Waals surface area contributed by atoms with Gasteiger partial charge in [0.15, 0.2) is 0 Å². The van der Waals surface area contributed by atoms with E-state index < -0.39 is 0 Å². The Morgan fingerprint density at radius 3 is 2.94 bits per heavy atom. The molecule has 0 aliphatic carbocycles. The van der Waals surface area contributed by atoms with Crippen LogP contribution in [0.3, 0.4) is 0 Å². The largest absolute Gasteiger partial charge is 0.347 e. The zero-order valence-corrected chi connectivity index (χ0v) is 10.9. The summed E-state index contributed by atoms with van der Waals surface area (Å²) >= 11 is 1.29. The van der Waals surface area contributed by atoms with Crippen LogP contribution in [0.1, 0.15) is 23.0 Å². The molecule has 0 fully saturated rings. The highest BCUT2D eigenvalue weighted by Gasteiger charge is 2.13. The minimum Gasteiger partial charge on any atom is -0.347 e. The number of hydrogen-bond acceptors (Lipinski definition) is 3. The van der Waals surface area contributed by atoms with Crippen molar-refractivity contribution in [3.63, 3.8) is 0 Å². The summed E-state index contributed by atoms with van der Waals surface area (Å²) < 4.78 is 13.8. The van der Waals surface area contributed by atoms with Crippen molar-refractivity contribution in [1.29, 1.82) is 0 Å². The van der Waals surface area contributed by atoms with Gasteiger partial charge in [-0.2, -0.15) is 0 Å². The highest BCUT2D eigenvalue weighted by atomic mass is 32.1. The summed E-state index contributed by atoms with van der Waals surface area (Å²) in [5.74, 6) is -0.432. The van der Waals surface area contributed by atoms with Crippen LogP contribution in [-0.2, 0) is 0 Å². The normalized spacial score (nSPS) is 12.6. The lowest BCUT2D eigenvalue weighted by Gasteiger charge is -2.13. The van der Waals surface area contributed by atoms with Gasteiger partial charge in [0.05, 0.1) is 4.88 Å². The first-order valence-electron chi connectivity index (χ1n) is 5.84. The fourth-order valence-electron chi connectivity index (χ4n) is 1.70. The van der Waals surface area contributed by atoms with Gasteiger partial charge in [-0.15, -0.1) is 11.3 Å². The van der Waals surface area contributed by atoms with E-state index >= 15 is 0 Å². The molecule has 1 atom stereocenters. The molecule has 0 aliphatic heterocycles. The van der Waals surface area contributed by atoms with E-state index in [1.807, 2.05) is 6.92 Å². The predicted octanol–water partition coefficient (Wildman–Crippen LogP) is 2.51. The van der Waals surface area contributed by atoms with Crippen molar-refractivity contribution in [3.8, 4) is 0 Å². The molecule has 1 amide bonds. The molecule has 3 nitrogen and oxygen atoms in total. The molecule has 0 spiro atoms. The number of carbonyl (C=O) groups excluding carboxylic acids is 1. The second kappa shape index (κ2) is 5.46. The second-order valence-corrected chi connectivity index (χ2v) is 5.19. The Kier molecular flexibility index (Phi) is 3.93. The molecule has 18 heavy (non-hydrogen) atoms. The summed E-state index contributed by atoms with van der Waals surface area (Å²) in [5.41, 5.74) is 5.54. The van der Waals surface area contributed by atoms with Crippen LogP contribution >= 0.6 is 11.3 Å². The summed E-state index contributed by atoms with van der Waals surface area (Å²) in [6, 6.07) is 6.28. The number of fused-ring (bicyclic) bond motifs is 1. The maximum atomic E-state index is 13.1. The number of amides is 1. The highest BCUT2D eigenvalue weighted by Crippen LogP contribution is 2.26. The molecule has 1 aromatic carbocycles. The van der Waals surface area contributed by atoms with Crippen molar-refractivity contribution in [2.45, 2.75) is 19.4 Å². The lowest BCUT2D eigenvalue weighted by molar-refractivity contribution is 0.0941. The average molecular weight is 266 g/mol. The van der Waals surface area contributed by atoms with Crippen molar-refractivity contribution in [1.82, 2.24) is 5.32 Å². The molecule has 2 aromatic rings. The number of rotatable bonds is 4. The van der Waals surface area contributed by atoms with Crippen LogP contribution in [0.2, 0.25) is 0 Å². The van der Waals surface area contributed by atoms with Crippen molar-refractivity contribution in [3.05, 3.63) is 35.0 Å². The molecule has 3 N–H and O–H groups in total. The lowest BCUT2D eigenvalue weighted by Crippen LogP contribution is -2.39. The third-order valence-electron chi connectivity index (χ3n) is 2.82. The van der Waals surface area contributed by atoms with Crippen molar-refractivity contribution < 1.29 is 9.18 Å². The van der Waals surface area contributed by atoms with E-state index in [0.717, 1.165) is 16.5 Å². The Morgan fingerprint density at radius 2 is 2.28 bits per heavy atom. The summed E-state index contributed by atoms with van der Waals surface area (Å²) in [6.07, 6.45) is 0.793. The van der Waals surface area contributed by atoms with Crippen molar-refractivity contribution in [2.75, 3.05) is 6.54 Å². The van der Waals surface area contributed by atoms with E-state index in [2.05, 4.69) is 5.32 Å². The van der Waals surface area contributed by atoms with Crippen LogP contribution in [0.25, 0.3) is 10.1 Å². The van der Waals surface area contributed by atoms with E-state index in [9.17, 15) is 9.18 Å². The fraction of sp³-hybridized carbons (Fsp3) is 0.308. The summed E-state index contributed by atoms with van der Waals surface area (Å²) in [6.45, 7) is 2.39. The van der Waals surface area contributed by atoms with Crippen LogP contribution in [0, 0.1) is 5.82 Å². The van der Waals surface area contributed by atoms with Gasteiger partial charge in [0.25, 0.3) is 5.91 Å². The van der Waals surface area contributed by atoms with E-state index in [-0.39, 0.29) is 17.8 Å². The lowest BCUT2D eigenvalue weighted by atomic mass is 10.2. The van der Waals surface area contributed by atoms with Gasteiger partial charge >= 0.3 is 0 Å². The monoisotopic (exact) mass is 266 g/mol. The zero-order chi connectivity index (χ0) is 13.1. The maximum Gasteiger partial charge on any atom is 0.261 e. The molecular formula is C13H15FN2OS. The molecule has 0 saturated heterocycles. The SMILES string of the molecule is CCC(CN)NC(=O)c1cc2ccc(F)cc2s1. The summed E-state index contributed by atoms with van der Waals surface area (Å²) in [4.78, 5) is 12.6. The minimum absolute atomic E-state index is 0.0144. The summed E-state index contributed by atoms with van der Waals surface area (Å²) in [5, 5.41) is 3.74. The molecule has 0 bridgehead atoms. The molecule has 0 radical (unpaired) electrons. The van der Waals surface area contributed by atoms with Gasteiger partial charge in [-0.3, -0.25) is 4.79 Å². The van der Waals surface area contributed by atoms with Gasteiger partial charge in [0.2, 0.25) is 0 Å². The van der Waals surface area contributed by atoms with Crippen LogP contribution in [0.5, 0.6) is 0 Å². The van der Waals surface area contributed by atoms with Gasteiger partial charge in [-0.05, 0) is 30.0 Å². The maximum absolute atomic E-state index is 13.1. The van der Waals surface area contributed by atoms with Gasteiger partial charge < -0.3 is 11.1 Å². The van der Waals surface area contributed by atoms with Crippen LogP contribution in [0.4, 0.5) is 4.39 Å². The quantitative estimate of drug-likeness (QED) is 0.893. The van der Waals surface area contributed by atoms with Crippen LogP contribution in [-0.4, -0.2) is 18.5 Å². The Hall–Kier alpha value is -1.46. The van der Waals surface area contributed by atoms with Gasteiger partial charge in [-0.1, -0.05) is 13.0 Å². The fourth-order valence-corrected chi connectivity index (χ4v) is 2.69. The number of nitrogens with one attached hydrogen (secondary N) is 1. The minimum atomic E-state index is -0.287. The first kappa shape index (κ1) is 13.0. The third-order valence-corrected chi connectivity index (χ3v) is 3.92. The van der Waals surface area contributed by atoms with Crippen molar-refractivity contribution in [2.24, 2.45) is 5.73 Å². The molecular weight excluding hydrogens is 251 g/mol. The molecule has 1 heterocycles. The number of benzene rings is 1. The Labute approximate surface area is 109 Å². The Balaban J connectivity index is 2.23. The van der Waals surface area contributed by atoms with Crippen LogP contribution < -0.4 is 11.1 Å². The Bertz CT molecular complexity index is 563. The van der Waals surface area contributed by atoms with Gasteiger partial charge in [-0.25, -0.2) is 4.39 Å². The number of nitrogens with two attached hydrogens (primary N) is 1. The third kappa shape index (κ3) is 2.68. The summed E-state index contributed by atoms with van der Waals surface area (Å²) in [7, 11) is 0. The smallest absolute Gasteiger partial charge is 0.261 e. The van der Waals surface area contributed by atoms with E-state index in [1.54, 1.807) is 12.1 Å². The standard InChI is InChI=1S/C13H15FN2OS/c1-2-10(7-15)16-13(17)12-5-8-3-4-9(14)6-11(8)18-12/h3-6,10H,2,7,15H2,1H3,(H,16,17). The van der Waals surface area contributed by atoms with Gasteiger partial charge in [0, 0.05) is 17.3 Å². The first-order valence-corrected chi connectivity index (χ1v) is 6.65. The van der Waals surface area contributed by atoms with Crippen LogP contribution in [0.15, 0.2) is 24.3 Å². The van der Waals surface area contributed by atoms with E-state index in [4.69, 9.17) is 5.73 Å². The molecule has 2 rings (SSSR count). The first-order chi connectivity index (χ1) is 8.63. The molecule has 0 saturated carbocycles.